The molecule has 1 aliphatic rings. The van der Waals surface area contributed by atoms with Crippen molar-refractivity contribution in [3.05, 3.63) is 79.3 Å². The summed E-state index contributed by atoms with van der Waals surface area (Å²) >= 11 is 30.2. The first kappa shape index (κ1) is 23.9. The second-order valence-electron chi connectivity index (χ2n) is 6.54. The van der Waals surface area contributed by atoms with Crippen LogP contribution in [0.25, 0.3) is 17.4 Å². The maximum absolute atomic E-state index is 12.8. The summed E-state index contributed by atoms with van der Waals surface area (Å²) in [5, 5.41) is 5.10. The molecule has 3 aromatic rings. The Balaban J connectivity index is 1.46. The summed E-state index contributed by atoms with van der Waals surface area (Å²) in [6.07, 6.45) is 1.53. The van der Waals surface area contributed by atoms with Crippen LogP contribution in [0.15, 0.2) is 57.9 Å². The molecule has 3 amide bonds. The molecule has 2 heterocycles. The van der Waals surface area contributed by atoms with Crippen molar-refractivity contribution in [1.82, 2.24) is 10.4 Å². The summed E-state index contributed by atoms with van der Waals surface area (Å²) in [5.74, 6) is 0.422. The van der Waals surface area contributed by atoms with E-state index in [0.29, 0.717) is 37.8 Å². The van der Waals surface area contributed by atoms with Crippen molar-refractivity contribution in [3.63, 3.8) is 0 Å². The van der Waals surface area contributed by atoms with Crippen molar-refractivity contribution in [2.45, 2.75) is 0 Å². The van der Waals surface area contributed by atoms with Crippen LogP contribution in [0.2, 0.25) is 20.1 Å². The van der Waals surface area contributed by atoms with E-state index in [0.717, 1.165) is 16.8 Å². The molecule has 1 aliphatic heterocycles. The number of thiocarbonyl (C=S) groups is 1. The molecule has 0 atom stereocenters. The van der Waals surface area contributed by atoms with Gasteiger partial charge in [-0.25, -0.2) is 10.2 Å². The van der Waals surface area contributed by atoms with E-state index < -0.39 is 11.9 Å². The first-order valence-corrected chi connectivity index (χ1v) is 11.8. The van der Waals surface area contributed by atoms with Crippen LogP contribution in [0.1, 0.15) is 5.76 Å². The molecule has 0 unspecified atom stereocenters. The monoisotopic (exact) mass is 557 g/mol. The Kier molecular flexibility index (Phi) is 7.23. The fourth-order valence-corrected chi connectivity index (χ4v) is 4.75. The summed E-state index contributed by atoms with van der Waals surface area (Å²) < 4.78 is 5.95. The van der Waals surface area contributed by atoms with Gasteiger partial charge in [0.05, 0.1) is 20.0 Å². The first-order valence-electron chi connectivity index (χ1n) is 9.07. The molecule has 0 radical (unpaired) electrons. The molecule has 4 rings (SSSR count). The van der Waals surface area contributed by atoms with Gasteiger partial charge in [-0.1, -0.05) is 58.2 Å². The molecule has 0 bridgehead atoms. The van der Waals surface area contributed by atoms with Crippen molar-refractivity contribution >= 4 is 98.4 Å². The number of urea groups is 1. The lowest BCUT2D eigenvalue weighted by atomic mass is 10.2. The Hall–Kier alpha value is -2.20. The average molecular weight is 559 g/mol. The average Bonchev–Trinajstić information content (AvgIpc) is 3.31. The van der Waals surface area contributed by atoms with Gasteiger partial charge in [0.2, 0.25) is 0 Å². The Labute approximate surface area is 217 Å². The highest BCUT2D eigenvalue weighted by atomic mass is 35.5. The number of anilines is 1. The zero-order valence-corrected chi connectivity index (χ0v) is 20.9. The number of furan rings is 1. The van der Waals surface area contributed by atoms with E-state index in [9.17, 15) is 9.59 Å². The smallest absolute Gasteiger partial charge is 0.338 e. The second kappa shape index (κ2) is 9.97. The normalized spacial score (nSPS) is 14.8. The molecule has 12 heteroatoms. The van der Waals surface area contributed by atoms with Crippen LogP contribution in [-0.4, -0.2) is 21.3 Å². The summed E-state index contributed by atoms with van der Waals surface area (Å²) in [4.78, 5) is 25.4. The molecule has 168 valence electrons. The largest absolute Gasteiger partial charge is 0.457 e. The van der Waals surface area contributed by atoms with Gasteiger partial charge in [0.25, 0.3) is 5.91 Å². The lowest BCUT2D eigenvalue weighted by Crippen LogP contribution is -2.46. The third-order valence-electron chi connectivity index (χ3n) is 4.28. The molecule has 33 heavy (non-hydrogen) atoms. The number of rotatable bonds is 4. The van der Waals surface area contributed by atoms with Crippen LogP contribution in [-0.2, 0) is 4.79 Å². The Morgan fingerprint density at radius 3 is 2.52 bits per heavy atom. The summed E-state index contributed by atoms with van der Waals surface area (Å²) in [6.45, 7) is 0. The summed E-state index contributed by atoms with van der Waals surface area (Å²) in [5.41, 5.74) is 3.47. The molecule has 1 fully saturated rings. The summed E-state index contributed by atoms with van der Waals surface area (Å²) in [6, 6.07) is 12.4. The van der Waals surface area contributed by atoms with Crippen LogP contribution >= 0.6 is 70.4 Å². The molecule has 6 nitrogen and oxygen atoms in total. The number of nitrogens with one attached hydrogen (secondary N) is 2. The molecule has 0 aliphatic carbocycles. The highest BCUT2D eigenvalue weighted by Gasteiger charge is 2.34. The Bertz CT molecular complexity index is 1330. The van der Waals surface area contributed by atoms with E-state index in [2.05, 4.69) is 10.7 Å². The zero-order valence-electron chi connectivity index (χ0n) is 16.2. The lowest BCUT2D eigenvalue weighted by molar-refractivity contribution is -0.123. The highest BCUT2D eigenvalue weighted by Crippen LogP contribution is 2.35. The molecular weight excluding hydrogens is 548 g/mol. The third-order valence-corrected chi connectivity index (χ3v) is 6.87. The number of carbonyl (C=O) groups excluding carboxylic acids is 2. The quantitative estimate of drug-likeness (QED) is 0.256. The van der Waals surface area contributed by atoms with Crippen LogP contribution in [0.4, 0.5) is 10.5 Å². The Morgan fingerprint density at radius 2 is 1.79 bits per heavy atom. The van der Waals surface area contributed by atoms with Gasteiger partial charge in [0, 0.05) is 22.3 Å². The van der Waals surface area contributed by atoms with Crippen LogP contribution in [0.3, 0.4) is 0 Å². The number of nitrogens with zero attached hydrogens (tertiary/aromatic N) is 1. The van der Waals surface area contributed by atoms with Gasteiger partial charge in [0.1, 0.15) is 11.5 Å². The van der Waals surface area contributed by atoms with Gasteiger partial charge in [-0.3, -0.25) is 4.79 Å². The SMILES string of the molecule is O=C(Nc1ccc(Cl)c(Cl)c1)NN1C(=O)/C(=C\c2ccc(-c3ccc(Cl)cc3Cl)o2)SC1=S. The van der Waals surface area contributed by atoms with Crippen LogP contribution in [0, 0.1) is 0 Å². The molecule has 1 aromatic heterocycles. The fourth-order valence-electron chi connectivity index (χ4n) is 2.79. The van der Waals surface area contributed by atoms with Gasteiger partial charge in [-0.2, -0.15) is 5.01 Å². The van der Waals surface area contributed by atoms with Crippen molar-refractivity contribution in [1.29, 1.82) is 0 Å². The van der Waals surface area contributed by atoms with Crippen molar-refractivity contribution in [2.75, 3.05) is 5.32 Å². The minimum Gasteiger partial charge on any atom is -0.457 e. The number of halogens is 4. The number of hydrogen-bond acceptors (Lipinski definition) is 5. The minimum absolute atomic E-state index is 0.156. The van der Waals surface area contributed by atoms with Crippen molar-refractivity contribution in [2.24, 2.45) is 0 Å². The minimum atomic E-state index is -0.677. The maximum atomic E-state index is 12.8. The Morgan fingerprint density at radius 1 is 1.00 bits per heavy atom. The number of benzene rings is 2. The van der Waals surface area contributed by atoms with E-state index in [-0.39, 0.29) is 14.2 Å². The fraction of sp³-hybridized carbons (Fsp3) is 0. The van der Waals surface area contributed by atoms with Crippen LogP contribution < -0.4 is 10.7 Å². The number of thioether (sulfide) groups is 1. The second-order valence-corrected chi connectivity index (χ2v) is 9.87. The number of hydrogen-bond donors (Lipinski definition) is 2. The lowest BCUT2D eigenvalue weighted by Gasteiger charge is -2.16. The van der Waals surface area contributed by atoms with Gasteiger partial charge < -0.3 is 9.73 Å². The van der Waals surface area contributed by atoms with Crippen LogP contribution in [0.5, 0.6) is 0 Å². The molecular formula is C21H11Cl4N3O3S2. The van der Waals surface area contributed by atoms with E-state index in [1.54, 1.807) is 36.4 Å². The van der Waals surface area contributed by atoms with E-state index in [4.69, 9.17) is 63.0 Å². The molecule has 2 aromatic carbocycles. The molecule has 0 saturated carbocycles. The number of amides is 3. The van der Waals surface area contributed by atoms with Crippen molar-refractivity contribution < 1.29 is 14.0 Å². The maximum Gasteiger partial charge on any atom is 0.338 e. The first-order chi connectivity index (χ1) is 15.7. The van der Waals surface area contributed by atoms with Gasteiger partial charge in [-0.15, -0.1) is 0 Å². The third kappa shape index (κ3) is 5.48. The molecule has 0 spiro atoms. The predicted octanol–water partition coefficient (Wildman–Crippen LogP) is 7.50. The number of hydrazine groups is 1. The van der Waals surface area contributed by atoms with E-state index in [1.165, 1.54) is 18.2 Å². The van der Waals surface area contributed by atoms with Gasteiger partial charge >= 0.3 is 6.03 Å². The van der Waals surface area contributed by atoms with Gasteiger partial charge in [0.15, 0.2) is 4.32 Å². The highest BCUT2D eigenvalue weighted by molar-refractivity contribution is 8.26. The van der Waals surface area contributed by atoms with E-state index in [1.807, 2.05) is 0 Å². The number of carbonyl (C=O) groups is 2. The van der Waals surface area contributed by atoms with E-state index >= 15 is 0 Å². The predicted molar refractivity (Wildman–Crippen MR) is 138 cm³/mol. The molecule has 1 saturated heterocycles. The standard InChI is InChI=1S/C21H11Cl4N3O3S2/c22-10-1-4-13(15(24)7-10)17-6-3-12(31-17)9-18-19(29)28(21(32)33-18)27-20(30)26-11-2-5-14(23)16(25)8-11/h1-9H,(H2,26,27,30)/b18-9+. The summed E-state index contributed by atoms with van der Waals surface area (Å²) in [7, 11) is 0. The van der Waals surface area contributed by atoms with Gasteiger partial charge in [-0.05, 0) is 60.7 Å². The topological polar surface area (TPSA) is 74.6 Å². The zero-order chi connectivity index (χ0) is 23.7. The molecule has 2 N–H and O–H groups in total. The van der Waals surface area contributed by atoms with Crippen molar-refractivity contribution in [3.8, 4) is 11.3 Å².